The van der Waals surface area contributed by atoms with E-state index in [-0.39, 0.29) is 5.92 Å². The molecule has 4 rings (SSSR count). The third-order valence-corrected chi connectivity index (χ3v) is 7.11. The number of amides is 1. The van der Waals surface area contributed by atoms with Crippen LogP contribution >= 0.6 is 0 Å². The molecule has 2 aromatic rings. The molecule has 6 nitrogen and oxygen atoms in total. The van der Waals surface area contributed by atoms with Gasteiger partial charge in [-0.1, -0.05) is 24.3 Å². The van der Waals surface area contributed by atoms with Crippen LogP contribution < -0.4 is 9.47 Å². The van der Waals surface area contributed by atoms with Crippen LogP contribution in [0, 0.1) is 5.92 Å². The maximum Gasteiger partial charge on any atom is 0.226 e. The first-order valence-corrected chi connectivity index (χ1v) is 12.7. The zero-order valence-electron chi connectivity index (χ0n) is 21.0. The van der Waals surface area contributed by atoms with E-state index < -0.39 is 0 Å². The molecule has 6 heteroatoms. The maximum absolute atomic E-state index is 12.9. The fraction of sp³-hybridized carbons (Fsp3) is 0.536. The number of ether oxygens (including phenoxy) is 2. The molecule has 0 aromatic heterocycles. The summed E-state index contributed by atoms with van der Waals surface area (Å²) < 4.78 is 11.6. The van der Waals surface area contributed by atoms with Crippen LogP contribution in [0.25, 0.3) is 0 Å². The highest BCUT2D eigenvalue weighted by molar-refractivity contribution is 5.79. The Labute approximate surface area is 204 Å². The van der Waals surface area contributed by atoms with Crippen LogP contribution in [0.1, 0.15) is 43.4 Å². The van der Waals surface area contributed by atoms with Gasteiger partial charge in [-0.3, -0.25) is 14.6 Å². The Morgan fingerprint density at radius 2 is 1.91 bits per heavy atom. The number of methoxy groups -OCH3 is 1. The van der Waals surface area contributed by atoms with E-state index in [0.29, 0.717) is 12.5 Å². The normalized spacial score (nSPS) is 19.1. The molecule has 0 bridgehead atoms. The van der Waals surface area contributed by atoms with Crippen molar-refractivity contribution in [3.8, 4) is 11.5 Å². The van der Waals surface area contributed by atoms with Gasteiger partial charge in [-0.25, -0.2) is 0 Å². The van der Waals surface area contributed by atoms with Gasteiger partial charge < -0.3 is 14.4 Å². The van der Waals surface area contributed by atoms with Crippen LogP contribution in [0.5, 0.6) is 11.5 Å². The quantitative estimate of drug-likeness (QED) is 0.586. The third kappa shape index (κ3) is 5.91. The lowest BCUT2D eigenvalue weighted by Gasteiger charge is -2.34. The zero-order chi connectivity index (χ0) is 23.9. The first-order chi connectivity index (χ1) is 16.6. The van der Waals surface area contributed by atoms with Crippen molar-refractivity contribution in [3.05, 3.63) is 59.2 Å². The Morgan fingerprint density at radius 3 is 2.71 bits per heavy atom. The van der Waals surface area contributed by atoms with Crippen LogP contribution in [0.2, 0.25) is 0 Å². The van der Waals surface area contributed by atoms with Crippen LogP contribution in [-0.2, 0) is 24.4 Å². The Hall–Kier alpha value is -2.57. The average Bonchev–Trinajstić information content (AvgIpc) is 3.06. The van der Waals surface area contributed by atoms with E-state index in [9.17, 15) is 4.79 Å². The molecule has 0 radical (unpaired) electrons. The molecular formula is C28H39N3O3. The molecule has 1 fully saturated rings. The lowest BCUT2D eigenvalue weighted by Crippen LogP contribution is -2.44. The summed E-state index contributed by atoms with van der Waals surface area (Å²) >= 11 is 0. The molecule has 0 aliphatic carbocycles. The molecule has 34 heavy (non-hydrogen) atoms. The number of carbonyl (C=O) groups is 1. The summed E-state index contributed by atoms with van der Waals surface area (Å²) in [6.45, 7) is 11.7. The summed E-state index contributed by atoms with van der Waals surface area (Å²) in [6, 6.07) is 14.8. The van der Waals surface area contributed by atoms with Crippen molar-refractivity contribution in [2.75, 3.05) is 46.4 Å². The highest BCUT2D eigenvalue weighted by Gasteiger charge is 2.28. The predicted molar refractivity (Wildman–Crippen MR) is 135 cm³/mol. The fourth-order valence-electron chi connectivity index (χ4n) is 5.26. The Morgan fingerprint density at radius 1 is 1.09 bits per heavy atom. The van der Waals surface area contributed by atoms with E-state index in [2.05, 4.69) is 54.0 Å². The monoisotopic (exact) mass is 465 g/mol. The Kier molecular flexibility index (Phi) is 8.46. The molecule has 1 atom stereocenters. The second kappa shape index (κ2) is 11.7. The molecule has 2 aromatic carbocycles. The minimum Gasteiger partial charge on any atom is -0.496 e. The standard InChI is InChI=1S/C28H39N3O3/c1-4-31(5-2)28(32)24-10-8-14-29(20-24)18-22-12-13-27-25(17-22)21-30(15-16-34-27)19-23-9-6-7-11-26(23)33-3/h6-7,9,11-13,17,24H,4-5,8,10,14-16,18-21H2,1-3H3/t24-/m1/s1. The van der Waals surface area contributed by atoms with Gasteiger partial charge in [-0.15, -0.1) is 0 Å². The summed E-state index contributed by atoms with van der Waals surface area (Å²) in [5, 5.41) is 0. The molecule has 0 saturated carbocycles. The summed E-state index contributed by atoms with van der Waals surface area (Å²) in [6.07, 6.45) is 2.08. The van der Waals surface area contributed by atoms with Gasteiger partial charge in [0.2, 0.25) is 5.91 Å². The minimum absolute atomic E-state index is 0.120. The summed E-state index contributed by atoms with van der Waals surface area (Å²) in [4.78, 5) is 19.7. The molecule has 2 heterocycles. The van der Waals surface area contributed by atoms with E-state index in [1.165, 1.54) is 16.7 Å². The fourth-order valence-corrected chi connectivity index (χ4v) is 5.26. The van der Waals surface area contributed by atoms with Crippen LogP contribution in [-0.4, -0.2) is 67.0 Å². The van der Waals surface area contributed by atoms with Crippen molar-refractivity contribution < 1.29 is 14.3 Å². The number of hydrogen-bond acceptors (Lipinski definition) is 5. The average molecular weight is 466 g/mol. The van der Waals surface area contributed by atoms with Crippen molar-refractivity contribution in [3.63, 3.8) is 0 Å². The molecule has 0 N–H and O–H groups in total. The number of piperidine rings is 1. The number of fused-ring (bicyclic) bond motifs is 1. The molecule has 1 amide bonds. The Balaban J connectivity index is 1.42. The van der Waals surface area contributed by atoms with E-state index in [1.807, 2.05) is 17.0 Å². The number of carbonyl (C=O) groups excluding carboxylic acids is 1. The van der Waals surface area contributed by atoms with Gasteiger partial charge >= 0.3 is 0 Å². The van der Waals surface area contributed by atoms with Gasteiger partial charge in [0, 0.05) is 56.9 Å². The first-order valence-electron chi connectivity index (χ1n) is 12.7. The van der Waals surface area contributed by atoms with Gasteiger partial charge in [-0.2, -0.15) is 0 Å². The second-order valence-electron chi connectivity index (χ2n) is 9.40. The highest BCUT2D eigenvalue weighted by Crippen LogP contribution is 2.28. The van der Waals surface area contributed by atoms with E-state index >= 15 is 0 Å². The smallest absolute Gasteiger partial charge is 0.226 e. The van der Waals surface area contributed by atoms with E-state index in [1.54, 1.807) is 7.11 Å². The number of para-hydroxylation sites is 1. The first kappa shape index (κ1) is 24.6. The summed E-state index contributed by atoms with van der Waals surface area (Å²) in [5.41, 5.74) is 3.72. The molecule has 0 unspecified atom stereocenters. The molecular weight excluding hydrogens is 426 g/mol. The molecule has 2 aliphatic heterocycles. The number of rotatable bonds is 8. The van der Waals surface area contributed by atoms with Crippen molar-refractivity contribution >= 4 is 5.91 Å². The maximum atomic E-state index is 12.9. The largest absolute Gasteiger partial charge is 0.496 e. The number of nitrogens with zero attached hydrogens (tertiary/aromatic N) is 3. The van der Waals surface area contributed by atoms with Crippen molar-refractivity contribution in [2.45, 2.75) is 46.3 Å². The minimum atomic E-state index is 0.120. The lowest BCUT2D eigenvalue weighted by molar-refractivity contribution is -0.137. The SMILES string of the molecule is CCN(CC)C(=O)[C@@H]1CCCN(Cc2ccc3c(c2)CN(Cc2ccccc2OC)CCO3)C1. The van der Waals surface area contributed by atoms with Gasteiger partial charge in [0.1, 0.15) is 18.1 Å². The van der Waals surface area contributed by atoms with Crippen molar-refractivity contribution in [1.29, 1.82) is 0 Å². The van der Waals surface area contributed by atoms with Crippen LogP contribution in [0.15, 0.2) is 42.5 Å². The third-order valence-electron chi connectivity index (χ3n) is 7.11. The van der Waals surface area contributed by atoms with E-state index in [0.717, 1.165) is 76.7 Å². The summed E-state index contributed by atoms with van der Waals surface area (Å²) in [7, 11) is 1.73. The molecule has 184 valence electrons. The summed E-state index contributed by atoms with van der Waals surface area (Å²) in [5.74, 6) is 2.35. The van der Waals surface area contributed by atoms with Crippen LogP contribution in [0.3, 0.4) is 0 Å². The lowest BCUT2D eigenvalue weighted by atomic mass is 9.95. The van der Waals surface area contributed by atoms with Crippen molar-refractivity contribution in [2.24, 2.45) is 5.92 Å². The molecule has 1 saturated heterocycles. The van der Waals surface area contributed by atoms with E-state index in [4.69, 9.17) is 9.47 Å². The highest BCUT2D eigenvalue weighted by atomic mass is 16.5. The number of likely N-dealkylation sites (tertiary alicyclic amines) is 1. The van der Waals surface area contributed by atoms with Gasteiger partial charge in [-0.05, 0) is 57.0 Å². The molecule has 2 aliphatic rings. The molecule has 0 spiro atoms. The number of benzene rings is 2. The van der Waals surface area contributed by atoms with Gasteiger partial charge in [0.05, 0.1) is 13.0 Å². The predicted octanol–water partition coefficient (Wildman–Crippen LogP) is 4.17. The van der Waals surface area contributed by atoms with Gasteiger partial charge in [0.15, 0.2) is 0 Å². The zero-order valence-corrected chi connectivity index (χ0v) is 21.0. The number of hydrogen-bond donors (Lipinski definition) is 0. The van der Waals surface area contributed by atoms with Crippen LogP contribution in [0.4, 0.5) is 0 Å². The van der Waals surface area contributed by atoms with Crippen molar-refractivity contribution in [1.82, 2.24) is 14.7 Å². The Bertz CT molecular complexity index is 960. The van der Waals surface area contributed by atoms with Gasteiger partial charge in [0.25, 0.3) is 0 Å². The topological polar surface area (TPSA) is 45.3 Å². The second-order valence-corrected chi connectivity index (χ2v) is 9.40.